The van der Waals surface area contributed by atoms with Crippen LogP contribution >= 0.6 is 12.6 Å². The van der Waals surface area contributed by atoms with Crippen LogP contribution in [-0.2, 0) is 9.59 Å². The van der Waals surface area contributed by atoms with Crippen molar-refractivity contribution < 1.29 is 9.59 Å². The molecule has 0 radical (unpaired) electrons. The Morgan fingerprint density at radius 3 is 2.75 bits per heavy atom. The van der Waals surface area contributed by atoms with Crippen molar-refractivity contribution in [3.05, 3.63) is 0 Å². The van der Waals surface area contributed by atoms with Gasteiger partial charge in [-0.25, -0.2) is 0 Å². The first-order chi connectivity index (χ1) is 5.74. The Morgan fingerprint density at radius 1 is 1.67 bits per heavy atom. The molecule has 12 heavy (non-hydrogen) atoms. The van der Waals surface area contributed by atoms with Gasteiger partial charge in [0.15, 0.2) is 0 Å². The van der Waals surface area contributed by atoms with Crippen LogP contribution in [-0.4, -0.2) is 30.5 Å². The molecule has 0 fully saturated rings. The van der Waals surface area contributed by atoms with Gasteiger partial charge >= 0.3 is 0 Å². The van der Waals surface area contributed by atoms with Crippen LogP contribution in [0.3, 0.4) is 0 Å². The maximum Gasteiger partial charge on any atom is 0.220 e. The predicted molar refractivity (Wildman–Crippen MR) is 50.1 cm³/mol. The third kappa shape index (κ3) is 5.15. The van der Waals surface area contributed by atoms with Gasteiger partial charge in [-0.3, -0.25) is 4.79 Å². The second kappa shape index (κ2) is 7.12. The highest BCUT2D eigenvalue weighted by atomic mass is 32.1. The summed E-state index contributed by atoms with van der Waals surface area (Å²) in [7, 11) is 0. The van der Waals surface area contributed by atoms with E-state index in [4.69, 9.17) is 5.73 Å². The number of carbonyl (C=O) groups is 2. The largest absolute Gasteiger partial charge is 0.346 e. The van der Waals surface area contributed by atoms with Crippen molar-refractivity contribution in [3.63, 3.8) is 0 Å². The molecule has 4 nitrogen and oxygen atoms in total. The van der Waals surface area contributed by atoms with Crippen molar-refractivity contribution in [2.75, 3.05) is 12.3 Å². The summed E-state index contributed by atoms with van der Waals surface area (Å²) in [4.78, 5) is 21.2. The second-order valence-corrected chi connectivity index (χ2v) is 2.75. The molecule has 0 rings (SSSR count). The molecular formula is C7H14N2O2S. The zero-order valence-electron chi connectivity index (χ0n) is 6.82. The van der Waals surface area contributed by atoms with E-state index in [-0.39, 0.29) is 5.91 Å². The number of thiol groups is 1. The van der Waals surface area contributed by atoms with E-state index < -0.39 is 6.04 Å². The highest BCUT2D eigenvalue weighted by molar-refractivity contribution is 7.80. The molecule has 0 bridgehead atoms. The van der Waals surface area contributed by atoms with Gasteiger partial charge in [0.25, 0.3) is 0 Å². The average molecular weight is 190 g/mol. The summed E-state index contributed by atoms with van der Waals surface area (Å²) in [6.07, 6.45) is 1.69. The van der Waals surface area contributed by atoms with Crippen molar-refractivity contribution in [3.8, 4) is 0 Å². The standard InChI is InChI=1S/C7H14N2O2S/c8-3-1-2-7(11)9-6(4-10)5-12/h4,6,12H,1-3,5,8H2,(H,9,11). The normalized spacial score (nSPS) is 12.2. The number of hydrogen-bond donors (Lipinski definition) is 3. The molecule has 0 aromatic heterocycles. The number of nitrogens with two attached hydrogens (primary N) is 1. The van der Waals surface area contributed by atoms with Gasteiger partial charge in [-0.2, -0.15) is 12.6 Å². The third-order valence-corrected chi connectivity index (χ3v) is 1.71. The van der Waals surface area contributed by atoms with Crippen molar-refractivity contribution in [2.45, 2.75) is 18.9 Å². The highest BCUT2D eigenvalue weighted by Crippen LogP contribution is 1.89. The molecule has 0 aliphatic carbocycles. The second-order valence-electron chi connectivity index (χ2n) is 2.38. The van der Waals surface area contributed by atoms with E-state index in [0.29, 0.717) is 31.4 Å². The smallest absolute Gasteiger partial charge is 0.220 e. The fraction of sp³-hybridized carbons (Fsp3) is 0.714. The summed E-state index contributed by atoms with van der Waals surface area (Å²) in [5.74, 6) is 0.185. The Hall–Kier alpha value is -0.550. The molecule has 1 unspecified atom stereocenters. The van der Waals surface area contributed by atoms with Gasteiger partial charge < -0.3 is 15.8 Å². The number of hydrogen-bond acceptors (Lipinski definition) is 4. The van der Waals surface area contributed by atoms with Crippen LogP contribution < -0.4 is 11.1 Å². The fourth-order valence-electron chi connectivity index (χ4n) is 0.664. The van der Waals surface area contributed by atoms with Gasteiger partial charge in [-0.05, 0) is 13.0 Å². The molecule has 1 amide bonds. The Kier molecular flexibility index (Phi) is 6.79. The summed E-state index contributed by atoms with van der Waals surface area (Å²) in [6.45, 7) is 0.486. The van der Waals surface area contributed by atoms with Crippen LogP contribution in [0.2, 0.25) is 0 Å². The predicted octanol–water partition coefficient (Wildman–Crippen LogP) is -0.661. The van der Waals surface area contributed by atoms with E-state index in [1.807, 2.05) is 0 Å². The summed E-state index contributed by atoms with van der Waals surface area (Å²) >= 11 is 3.89. The van der Waals surface area contributed by atoms with E-state index in [1.54, 1.807) is 0 Å². The maximum atomic E-state index is 11.0. The van der Waals surface area contributed by atoms with Gasteiger partial charge in [-0.15, -0.1) is 0 Å². The highest BCUT2D eigenvalue weighted by Gasteiger charge is 2.07. The van der Waals surface area contributed by atoms with Gasteiger partial charge in [0, 0.05) is 12.2 Å². The van der Waals surface area contributed by atoms with E-state index in [1.165, 1.54) is 0 Å². The molecule has 0 saturated carbocycles. The number of amides is 1. The third-order valence-electron chi connectivity index (χ3n) is 1.32. The summed E-state index contributed by atoms with van der Waals surface area (Å²) in [6, 6.07) is -0.474. The van der Waals surface area contributed by atoms with Gasteiger partial charge in [0.1, 0.15) is 6.29 Å². The molecular weight excluding hydrogens is 176 g/mol. The molecule has 0 spiro atoms. The van der Waals surface area contributed by atoms with Gasteiger partial charge in [0.2, 0.25) is 5.91 Å². The first-order valence-corrected chi connectivity index (χ1v) is 4.43. The lowest BCUT2D eigenvalue weighted by molar-refractivity contribution is -0.123. The first kappa shape index (κ1) is 11.4. The fourth-order valence-corrected chi connectivity index (χ4v) is 0.842. The minimum absolute atomic E-state index is 0.147. The van der Waals surface area contributed by atoms with Gasteiger partial charge in [0.05, 0.1) is 6.04 Å². The Morgan fingerprint density at radius 2 is 2.33 bits per heavy atom. The summed E-state index contributed by atoms with van der Waals surface area (Å²) in [5.41, 5.74) is 5.21. The lowest BCUT2D eigenvalue weighted by atomic mass is 10.3. The quantitative estimate of drug-likeness (QED) is 0.384. The van der Waals surface area contributed by atoms with Crippen LogP contribution in [0.25, 0.3) is 0 Å². The molecule has 0 heterocycles. The summed E-state index contributed by atoms with van der Waals surface area (Å²) < 4.78 is 0. The lowest BCUT2D eigenvalue weighted by Gasteiger charge is -2.08. The monoisotopic (exact) mass is 190 g/mol. The zero-order valence-corrected chi connectivity index (χ0v) is 7.72. The Balaban J connectivity index is 3.58. The Labute approximate surface area is 77.3 Å². The van der Waals surface area contributed by atoms with Crippen LogP contribution in [0, 0.1) is 0 Å². The van der Waals surface area contributed by atoms with Crippen molar-refractivity contribution in [1.82, 2.24) is 5.32 Å². The molecule has 0 aromatic rings. The topological polar surface area (TPSA) is 72.2 Å². The number of aldehydes is 1. The molecule has 5 heteroatoms. The van der Waals surface area contributed by atoms with E-state index in [9.17, 15) is 9.59 Å². The average Bonchev–Trinajstić information content (AvgIpc) is 2.10. The SMILES string of the molecule is NCCCC(=O)NC(C=O)CS. The zero-order chi connectivity index (χ0) is 9.40. The van der Waals surface area contributed by atoms with Crippen molar-refractivity contribution in [2.24, 2.45) is 5.73 Å². The van der Waals surface area contributed by atoms with Gasteiger partial charge in [-0.1, -0.05) is 0 Å². The summed E-state index contributed by atoms with van der Waals surface area (Å²) in [5, 5.41) is 2.51. The number of rotatable bonds is 6. The first-order valence-electron chi connectivity index (χ1n) is 3.80. The molecule has 0 aromatic carbocycles. The van der Waals surface area contributed by atoms with Crippen LogP contribution in [0.5, 0.6) is 0 Å². The molecule has 3 N–H and O–H groups in total. The molecule has 0 saturated heterocycles. The number of carbonyl (C=O) groups excluding carboxylic acids is 2. The lowest BCUT2D eigenvalue weighted by Crippen LogP contribution is -2.37. The van der Waals surface area contributed by atoms with E-state index in [0.717, 1.165) is 0 Å². The molecule has 0 aliphatic heterocycles. The minimum Gasteiger partial charge on any atom is -0.346 e. The van der Waals surface area contributed by atoms with Crippen LogP contribution in [0.15, 0.2) is 0 Å². The Bertz CT molecular complexity index is 152. The minimum atomic E-state index is -0.474. The maximum absolute atomic E-state index is 11.0. The van der Waals surface area contributed by atoms with E-state index in [2.05, 4.69) is 17.9 Å². The van der Waals surface area contributed by atoms with E-state index >= 15 is 0 Å². The van der Waals surface area contributed by atoms with Crippen molar-refractivity contribution in [1.29, 1.82) is 0 Å². The van der Waals surface area contributed by atoms with Crippen molar-refractivity contribution >= 4 is 24.8 Å². The molecule has 70 valence electrons. The van der Waals surface area contributed by atoms with Crippen LogP contribution in [0.1, 0.15) is 12.8 Å². The molecule has 0 aliphatic rings. The number of nitrogens with one attached hydrogen (secondary N) is 1. The molecule has 1 atom stereocenters. The van der Waals surface area contributed by atoms with Crippen LogP contribution in [0.4, 0.5) is 0 Å².